The van der Waals surface area contributed by atoms with Crippen LogP contribution >= 0.6 is 0 Å². The summed E-state index contributed by atoms with van der Waals surface area (Å²) < 4.78 is 4.98. The topological polar surface area (TPSA) is 128 Å². The summed E-state index contributed by atoms with van der Waals surface area (Å²) in [5.41, 5.74) is 0. The van der Waals surface area contributed by atoms with Crippen molar-refractivity contribution in [2.45, 2.75) is 44.6 Å². The minimum Gasteiger partial charge on any atom is -0.467 e. The van der Waals surface area contributed by atoms with Crippen molar-refractivity contribution in [2.24, 2.45) is 11.8 Å². The zero-order valence-electron chi connectivity index (χ0n) is 17.9. The molecular weight excluding hydrogens is 404 g/mol. The summed E-state index contributed by atoms with van der Waals surface area (Å²) in [6.07, 6.45) is 7.12. The van der Waals surface area contributed by atoms with Gasteiger partial charge in [-0.25, -0.2) is 15.1 Å². The Kier molecular flexibility index (Phi) is 7.75. The quantitative estimate of drug-likeness (QED) is 0.334. The van der Waals surface area contributed by atoms with Crippen LogP contribution in [0.15, 0.2) is 12.3 Å². The van der Waals surface area contributed by atoms with E-state index in [9.17, 15) is 19.6 Å². The molecule has 2 unspecified atom stereocenters. The Bertz CT molecular complexity index is 787. The van der Waals surface area contributed by atoms with E-state index in [1.807, 2.05) is 0 Å². The summed E-state index contributed by atoms with van der Waals surface area (Å²) in [5, 5.41) is 16.2. The monoisotopic (exact) mass is 434 g/mol. The Balaban J connectivity index is 1.74. The largest absolute Gasteiger partial charge is 0.467 e. The number of rotatable bonds is 9. The minimum atomic E-state index is -0.715. The van der Waals surface area contributed by atoms with Crippen molar-refractivity contribution in [2.75, 3.05) is 32.6 Å². The first kappa shape index (κ1) is 22.9. The zero-order valence-corrected chi connectivity index (χ0v) is 17.9. The SMILES string of the molecule is COc1nccc(NC(=O)C2CCN(C)N2C(=O)C(CC2CCCC2)CN(O)C=O)n1. The fraction of sp³-hybridized carbons (Fsp3) is 0.650. The van der Waals surface area contributed by atoms with E-state index >= 15 is 0 Å². The number of carbonyl (C=O) groups excluding carboxylic acids is 3. The third kappa shape index (κ3) is 5.67. The number of hydrazine groups is 1. The lowest BCUT2D eigenvalue weighted by Crippen LogP contribution is -2.52. The molecule has 2 aliphatic rings. The molecule has 3 amide bonds. The Morgan fingerprint density at radius 2 is 2.13 bits per heavy atom. The number of amides is 3. The van der Waals surface area contributed by atoms with Crippen LogP contribution in [0.2, 0.25) is 0 Å². The van der Waals surface area contributed by atoms with Crippen LogP contribution in [-0.4, -0.2) is 81.8 Å². The summed E-state index contributed by atoms with van der Waals surface area (Å²) in [6, 6.07) is 0.956. The van der Waals surface area contributed by atoms with Crippen LogP contribution in [0, 0.1) is 11.8 Å². The Morgan fingerprint density at radius 3 is 2.81 bits per heavy atom. The van der Waals surface area contributed by atoms with Crippen molar-refractivity contribution < 1.29 is 24.3 Å². The van der Waals surface area contributed by atoms with E-state index in [0.29, 0.717) is 36.8 Å². The predicted octanol–water partition coefficient (Wildman–Crippen LogP) is 0.915. The molecular formula is C20H30N6O5. The third-order valence-corrected chi connectivity index (χ3v) is 5.96. The van der Waals surface area contributed by atoms with Crippen LogP contribution in [0.25, 0.3) is 0 Å². The molecule has 11 nitrogen and oxygen atoms in total. The lowest BCUT2D eigenvalue weighted by atomic mass is 9.92. The van der Waals surface area contributed by atoms with E-state index in [1.165, 1.54) is 18.3 Å². The van der Waals surface area contributed by atoms with Crippen LogP contribution in [0.3, 0.4) is 0 Å². The van der Waals surface area contributed by atoms with Gasteiger partial charge in [-0.15, -0.1) is 0 Å². The average molecular weight is 434 g/mol. The van der Waals surface area contributed by atoms with Crippen molar-refractivity contribution in [3.05, 3.63) is 12.3 Å². The fourth-order valence-electron chi connectivity index (χ4n) is 4.42. The number of nitrogens with one attached hydrogen (secondary N) is 1. The van der Waals surface area contributed by atoms with Gasteiger partial charge in [0.05, 0.1) is 19.6 Å². The van der Waals surface area contributed by atoms with Gasteiger partial charge in [0, 0.05) is 19.8 Å². The van der Waals surface area contributed by atoms with Crippen molar-refractivity contribution in [3.8, 4) is 6.01 Å². The van der Waals surface area contributed by atoms with Gasteiger partial charge >= 0.3 is 6.01 Å². The Morgan fingerprint density at radius 1 is 1.39 bits per heavy atom. The van der Waals surface area contributed by atoms with Gasteiger partial charge in [0.25, 0.3) is 0 Å². The van der Waals surface area contributed by atoms with E-state index in [4.69, 9.17) is 4.74 Å². The number of hydrogen-bond acceptors (Lipinski definition) is 8. The lowest BCUT2D eigenvalue weighted by Gasteiger charge is -2.33. The number of anilines is 1. The molecule has 31 heavy (non-hydrogen) atoms. The second-order valence-electron chi connectivity index (χ2n) is 8.10. The smallest absolute Gasteiger partial charge is 0.318 e. The lowest BCUT2D eigenvalue weighted by molar-refractivity contribution is -0.164. The molecule has 1 aliphatic heterocycles. The summed E-state index contributed by atoms with van der Waals surface area (Å²) in [4.78, 5) is 45.4. The standard InChI is InChI=1S/C20H30N6O5/c1-24-10-8-16(18(28)22-17-7-9-21-20(23-17)31-2)26(24)19(29)15(12-25(30)13-27)11-14-5-3-4-6-14/h7,9,13-16,30H,3-6,8,10-12H2,1-2H3,(H,21,22,23,28). The number of nitrogens with zero attached hydrogens (tertiary/aromatic N) is 5. The highest BCUT2D eigenvalue weighted by atomic mass is 16.5. The average Bonchev–Trinajstić information content (AvgIpc) is 3.42. The van der Waals surface area contributed by atoms with Crippen molar-refractivity contribution >= 4 is 24.0 Å². The van der Waals surface area contributed by atoms with Gasteiger partial charge in [-0.05, 0) is 24.8 Å². The molecule has 2 heterocycles. The Labute approximate surface area is 181 Å². The molecule has 2 N–H and O–H groups in total. The van der Waals surface area contributed by atoms with Crippen LogP contribution in [0.4, 0.5) is 5.82 Å². The first-order valence-corrected chi connectivity index (χ1v) is 10.6. The summed E-state index contributed by atoms with van der Waals surface area (Å²) in [5.74, 6) is -0.567. The molecule has 1 aromatic heterocycles. The molecule has 1 aromatic rings. The van der Waals surface area contributed by atoms with Gasteiger partial charge in [0.1, 0.15) is 11.9 Å². The van der Waals surface area contributed by atoms with Gasteiger partial charge in [-0.3, -0.25) is 24.6 Å². The summed E-state index contributed by atoms with van der Waals surface area (Å²) in [6.45, 7) is 0.435. The van der Waals surface area contributed by atoms with Crippen LogP contribution in [0.1, 0.15) is 38.5 Å². The highest BCUT2D eigenvalue weighted by molar-refractivity contribution is 5.97. The van der Waals surface area contributed by atoms with Crippen LogP contribution < -0.4 is 10.1 Å². The van der Waals surface area contributed by atoms with Crippen molar-refractivity contribution in [1.82, 2.24) is 25.0 Å². The number of ether oxygens (including phenoxy) is 1. The maximum Gasteiger partial charge on any atom is 0.318 e. The van der Waals surface area contributed by atoms with E-state index in [1.54, 1.807) is 18.1 Å². The molecule has 1 saturated heterocycles. The van der Waals surface area contributed by atoms with Crippen LogP contribution in [-0.2, 0) is 14.4 Å². The van der Waals surface area contributed by atoms with Gasteiger partial charge in [0.2, 0.25) is 18.2 Å². The number of hydrogen-bond donors (Lipinski definition) is 2. The first-order valence-electron chi connectivity index (χ1n) is 10.6. The number of aromatic nitrogens is 2. The normalized spacial score (nSPS) is 20.5. The molecule has 0 radical (unpaired) electrons. The number of carbonyl (C=O) groups is 3. The Hall–Kier alpha value is -2.79. The molecule has 2 fully saturated rings. The van der Waals surface area contributed by atoms with Crippen LogP contribution in [0.5, 0.6) is 6.01 Å². The molecule has 3 rings (SSSR count). The highest BCUT2D eigenvalue weighted by Gasteiger charge is 2.41. The van der Waals surface area contributed by atoms with Gasteiger partial charge in [-0.2, -0.15) is 4.98 Å². The molecule has 1 saturated carbocycles. The highest BCUT2D eigenvalue weighted by Crippen LogP contribution is 2.32. The molecule has 0 bridgehead atoms. The van der Waals surface area contributed by atoms with E-state index < -0.39 is 12.0 Å². The maximum absolute atomic E-state index is 13.5. The van der Waals surface area contributed by atoms with Crippen molar-refractivity contribution in [1.29, 1.82) is 0 Å². The van der Waals surface area contributed by atoms with E-state index in [2.05, 4.69) is 15.3 Å². The second-order valence-corrected chi connectivity index (χ2v) is 8.10. The molecule has 2 atom stereocenters. The van der Waals surface area contributed by atoms with E-state index in [0.717, 1.165) is 25.7 Å². The molecule has 0 spiro atoms. The minimum absolute atomic E-state index is 0.0966. The second kappa shape index (κ2) is 10.5. The van der Waals surface area contributed by atoms with Crippen molar-refractivity contribution in [3.63, 3.8) is 0 Å². The molecule has 170 valence electrons. The molecule has 0 aromatic carbocycles. The van der Waals surface area contributed by atoms with Gasteiger partial charge < -0.3 is 10.1 Å². The maximum atomic E-state index is 13.5. The summed E-state index contributed by atoms with van der Waals surface area (Å²) >= 11 is 0. The third-order valence-electron chi connectivity index (χ3n) is 5.96. The number of hydroxylamine groups is 2. The fourth-order valence-corrected chi connectivity index (χ4v) is 4.42. The first-order chi connectivity index (χ1) is 14.9. The zero-order chi connectivity index (χ0) is 22.4. The molecule has 11 heteroatoms. The van der Waals surface area contributed by atoms with Gasteiger partial charge in [-0.1, -0.05) is 25.7 Å². The van der Waals surface area contributed by atoms with E-state index in [-0.39, 0.29) is 30.2 Å². The van der Waals surface area contributed by atoms with Gasteiger partial charge in [0.15, 0.2) is 0 Å². The number of methoxy groups -OCH3 is 1. The summed E-state index contributed by atoms with van der Waals surface area (Å²) in [7, 11) is 3.18. The predicted molar refractivity (Wildman–Crippen MR) is 110 cm³/mol. The molecule has 1 aliphatic carbocycles.